The first-order valence-corrected chi connectivity index (χ1v) is 4.62. The number of rotatable bonds is 3. The van der Waals surface area contributed by atoms with Gasteiger partial charge in [-0.15, -0.1) is 0 Å². The fourth-order valence-electron chi connectivity index (χ4n) is 1.41. The zero-order valence-corrected chi connectivity index (χ0v) is 8.79. The van der Waals surface area contributed by atoms with E-state index in [1.807, 2.05) is 0 Å². The summed E-state index contributed by atoms with van der Waals surface area (Å²) < 4.78 is 18.2. The smallest absolute Gasteiger partial charge is 0.405 e. The van der Waals surface area contributed by atoms with E-state index >= 15 is 0 Å². The highest BCUT2D eigenvalue weighted by molar-refractivity contribution is 5.65. The molecule has 1 aromatic carbocycles. The summed E-state index contributed by atoms with van der Waals surface area (Å²) in [6.45, 7) is 3.37. The number of hydrogen-bond donors (Lipinski definition) is 1. The number of carbonyl (C=O) groups excluding carboxylic acids is 1. The second-order valence-corrected chi connectivity index (χ2v) is 3.95. The van der Waals surface area contributed by atoms with Crippen molar-refractivity contribution in [3.63, 3.8) is 0 Å². The highest BCUT2D eigenvalue weighted by atomic mass is 19.1. The quantitative estimate of drug-likeness (QED) is 0.833. The van der Waals surface area contributed by atoms with Crippen LogP contribution in [0.15, 0.2) is 24.3 Å². The third-order valence-electron chi connectivity index (χ3n) is 1.95. The molecule has 3 nitrogen and oxygen atoms in total. The lowest BCUT2D eigenvalue weighted by molar-refractivity contribution is 0.0454. The molecule has 0 atom stereocenters. The topological polar surface area (TPSA) is 52.3 Å². The van der Waals surface area contributed by atoms with Gasteiger partial charge in [0.05, 0.1) is 0 Å². The molecule has 0 saturated carbocycles. The van der Waals surface area contributed by atoms with E-state index in [0.717, 1.165) is 0 Å². The van der Waals surface area contributed by atoms with E-state index in [1.54, 1.807) is 32.0 Å². The van der Waals surface area contributed by atoms with Crippen LogP contribution < -0.4 is 5.73 Å². The normalized spacial score (nSPS) is 11.1. The van der Waals surface area contributed by atoms with Gasteiger partial charge in [-0.3, -0.25) is 0 Å². The van der Waals surface area contributed by atoms with Gasteiger partial charge in [-0.2, -0.15) is 0 Å². The van der Waals surface area contributed by atoms with Crippen molar-refractivity contribution in [3.05, 3.63) is 35.6 Å². The van der Waals surface area contributed by atoms with Crippen LogP contribution in [0.25, 0.3) is 0 Å². The Morgan fingerprint density at radius 3 is 2.60 bits per heavy atom. The fourth-order valence-corrected chi connectivity index (χ4v) is 1.41. The molecule has 0 bridgehead atoms. The number of ether oxygens (including phenoxy) is 1. The number of carbonyl (C=O) groups is 1. The van der Waals surface area contributed by atoms with Crippen LogP contribution in [-0.4, -0.2) is 11.7 Å². The molecule has 0 aliphatic heterocycles. The van der Waals surface area contributed by atoms with Gasteiger partial charge in [-0.05, 0) is 25.5 Å². The molecule has 0 spiro atoms. The SMILES string of the molecule is CC(C)(Cc1ccccc1F)OC(N)=O. The number of hydrogen-bond acceptors (Lipinski definition) is 2. The van der Waals surface area contributed by atoms with Gasteiger partial charge >= 0.3 is 6.09 Å². The average molecular weight is 211 g/mol. The molecule has 1 rings (SSSR count). The third kappa shape index (κ3) is 3.58. The van der Waals surface area contributed by atoms with E-state index in [-0.39, 0.29) is 5.82 Å². The van der Waals surface area contributed by atoms with Gasteiger partial charge in [0.1, 0.15) is 11.4 Å². The Balaban J connectivity index is 2.77. The average Bonchev–Trinajstić information content (AvgIpc) is 2.06. The van der Waals surface area contributed by atoms with Crippen LogP contribution in [0.5, 0.6) is 0 Å². The standard InChI is InChI=1S/C11H14FNO2/c1-11(2,15-10(13)14)7-8-5-3-4-6-9(8)12/h3-6H,7H2,1-2H3,(H2,13,14). The van der Waals surface area contributed by atoms with Crippen molar-refractivity contribution in [2.24, 2.45) is 5.73 Å². The van der Waals surface area contributed by atoms with E-state index < -0.39 is 11.7 Å². The van der Waals surface area contributed by atoms with Crippen LogP contribution in [0, 0.1) is 5.82 Å². The van der Waals surface area contributed by atoms with Gasteiger partial charge in [0.2, 0.25) is 0 Å². The number of primary amides is 1. The van der Waals surface area contributed by atoms with Gasteiger partial charge in [0.15, 0.2) is 0 Å². The second kappa shape index (κ2) is 4.29. The summed E-state index contributed by atoms with van der Waals surface area (Å²) in [5.74, 6) is -0.307. The predicted octanol–water partition coefficient (Wildman–Crippen LogP) is 2.24. The summed E-state index contributed by atoms with van der Waals surface area (Å²) in [6, 6.07) is 6.37. The molecule has 1 amide bonds. The summed E-state index contributed by atoms with van der Waals surface area (Å²) in [5, 5.41) is 0. The molecule has 15 heavy (non-hydrogen) atoms. The van der Waals surface area contributed by atoms with Crippen LogP contribution in [-0.2, 0) is 11.2 Å². The highest BCUT2D eigenvalue weighted by Gasteiger charge is 2.23. The lowest BCUT2D eigenvalue weighted by Crippen LogP contribution is -2.33. The minimum absolute atomic E-state index is 0.294. The fraction of sp³-hybridized carbons (Fsp3) is 0.364. The molecule has 82 valence electrons. The Morgan fingerprint density at radius 1 is 1.47 bits per heavy atom. The van der Waals surface area contributed by atoms with E-state index in [0.29, 0.717) is 12.0 Å². The van der Waals surface area contributed by atoms with Gasteiger partial charge in [-0.1, -0.05) is 18.2 Å². The van der Waals surface area contributed by atoms with E-state index in [2.05, 4.69) is 0 Å². The number of halogens is 1. The maximum Gasteiger partial charge on any atom is 0.405 e. The van der Waals surface area contributed by atoms with Crippen LogP contribution in [0.2, 0.25) is 0 Å². The van der Waals surface area contributed by atoms with Gasteiger partial charge in [-0.25, -0.2) is 9.18 Å². The molecule has 4 heteroatoms. The number of nitrogens with two attached hydrogens (primary N) is 1. The van der Waals surface area contributed by atoms with Crippen molar-refractivity contribution in [1.29, 1.82) is 0 Å². The molecule has 2 N–H and O–H groups in total. The van der Waals surface area contributed by atoms with E-state index in [1.165, 1.54) is 6.07 Å². The first kappa shape index (κ1) is 11.5. The summed E-state index contributed by atoms with van der Waals surface area (Å²) in [6.07, 6.45) is -0.556. The Morgan fingerprint density at radius 2 is 2.07 bits per heavy atom. The van der Waals surface area contributed by atoms with Gasteiger partial charge in [0.25, 0.3) is 0 Å². The molecular weight excluding hydrogens is 197 g/mol. The lowest BCUT2D eigenvalue weighted by atomic mass is 9.98. The largest absolute Gasteiger partial charge is 0.443 e. The Hall–Kier alpha value is -1.58. The minimum Gasteiger partial charge on any atom is -0.443 e. The second-order valence-electron chi connectivity index (χ2n) is 3.95. The Bertz CT molecular complexity index is 363. The van der Waals surface area contributed by atoms with Crippen molar-refractivity contribution < 1.29 is 13.9 Å². The lowest BCUT2D eigenvalue weighted by Gasteiger charge is -2.24. The molecule has 0 saturated heterocycles. The molecule has 0 aliphatic rings. The van der Waals surface area contributed by atoms with Crippen LogP contribution >= 0.6 is 0 Å². The summed E-state index contributed by atoms with van der Waals surface area (Å²) in [7, 11) is 0. The number of amides is 1. The zero-order valence-electron chi connectivity index (χ0n) is 8.79. The third-order valence-corrected chi connectivity index (χ3v) is 1.95. The van der Waals surface area contributed by atoms with Crippen LogP contribution in [0.4, 0.5) is 9.18 Å². The van der Waals surface area contributed by atoms with Crippen LogP contribution in [0.1, 0.15) is 19.4 Å². The minimum atomic E-state index is -0.851. The van der Waals surface area contributed by atoms with Gasteiger partial charge in [0, 0.05) is 6.42 Å². The first-order chi connectivity index (χ1) is 6.91. The summed E-state index contributed by atoms with van der Waals surface area (Å²) in [5.41, 5.74) is 4.62. The van der Waals surface area contributed by atoms with E-state index in [4.69, 9.17) is 10.5 Å². The van der Waals surface area contributed by atoms with Crippen molar-refractivity contribution in [3.8, 4) is 0 Å². The summed E-state index contributed by atoms with van der Waals surface area (Å²) >= 11 is 0. The van der Waals surface area contributed by atoms with Crippen LogP contribution in [0.3, 0.4) is 0 Å². The van der Waals surface area contributed by atoms with Crippen molar-refractivity contribution >= 4 is 6.09 Å². The highest BCUT2D eigenvalue weighted by Crippen LogP contribution is 2.18. The Kier molecular flexibility index (Phi) is 3.29. The molecule has 0 aliphatic carbocycles. The molecule has 0 fully saturated rings. The predicted molar refractivity (Wildman–Crippen MR) is 54.9 cm³/mol. The maximum atomic E-state index is 13.3. The molecule has 0 unspecified atom stereocenters. The first-order valence-electron chi connectivity index (χ1n) is 4.62. The molecular formula is C11H14FNO2. The van der Waals surface area contributed by atoms with E-state index in [9.17, 15) is 9.18 Å². The Labute approximate surface area is 88.0 Å². The van der Waals surface area contributed by atoms with Crippen molar-refractivity contribution in [2.45, 2.75) is 25.9 Å². The van der Waals surface area contributed by atoms with Gasteiger partial charge < -0.3 is 10.5 Å². The number of benzene rings is 1. The van der Waals surface area contributed by atoms with Crippen molar-refractivity contribution in [1.82, 2.24) is 0 Å². The molecule has 0 aromatic heterocycles. The zero-order chi connectivity index (χ0) is 11.5. The summed E-state index contributed by atoms with van der Waals surface area (Å²) in [4.78, 5) is 10.6. The molecule has 0 heterocycles. The maximum absolute atomic E-state index is 13.3. The molecule has 1 aromatic rings. The molecule has 0 radical (unpaired) electrons. The monoisotopic (exact) mass is 211 g/mol. The van der Waals surface area contributed by atoms with Crippen molar-refractivity contribution in [2.75, 3.05) is 0 Å².